The SMILES string of the molecule is CCNC(=O)c1ccc(N)cc1N(C)Cc1nccn1C. The molecule has 3 N–H and O–H groups in total. The summed E-state index contributed by atoms with van der Waals surface area (Å²) in [5.41, 5.74) is 7.90. The first-order chi connectivity index (χ1) is 10.0. The van der Waals surface area contributed by atoms with Crippen LogP contribution in [0.1, 0.15) is 23.1 Å². The van der Waals surface area contributed by atoms with E-state index in [0.717, 1.165) is 11.5 Å². The number of imidazole rings is 1. The Labute approximate surface area is 124 Å². The molecule has 112 valence electrons. The van der Waals surface area contributed by atoms with E-state index in [1.54, 1.807) is 18.3 Å². The number of hydrogen-bond donors (Lipinski definition) is 2. The summed E-state index contributed by atoms with van der Waals surface area (Å²) < 4.78 is 1.95. The van der Waals surface area contributed by atoms with Gasteiger partial charge in [-0.05, 0) is 25.1 Å². The molecule has 0 aliphatic carbocycles. The molecule has 0 bridgehead atoms. The van der Waals surface area contributed by atoms with Crippen LogP contribution in [0, 0.1) is 0 Å². The van der Waals surface area contributed by atoms with Gasteiger partial charge < -0.3 is 20.5 Å². The van der Waals surface area contributed by atoms with Crippen LogP contribution in [0.4, 0.5) is 11.4 Å². The van der Waals surface area contributed by atoms with Crippen LogP contribution in [0.2, 0.25) is 0 Å². The zero-order valence-corrected chi connectivity index (χ0v) is 12.6. The Morgan fingerprint density at radius 3 is 2.86 bits per heavy atom. The van der Waals surface area contributed by atoms with Crippen molar-refractivity contribution in [2.75, 3.05) is 24.2 Å². The summed E-state index contributed by atoms with van der Waals surface area (Å²) in [6, 6.07) is 5.31. The summed E-state index contributed by atoms with van der Waals surface area (Å²) in [6.45, 7) is 3.08. The molecule has 0 unspecified atom stereocenters. The monoisotopic (exact) mass is 287 g/mol. The molecular weight excluding hydrogens is 266 g/mol. The number of rotatable bonds is 5. The topological polar surface area (TPSA) is 76.2 Å². The number of aromatic nitrogens is 2. The predicted molar refractivity (Wildman–Crippen MR) is 84.2 cm³/mol. The smallest absolute Gasteiger partial charge is 0.253 e. The number of nitrogens with one attached hydrogen (secondary N) is 1. The fourth-order valence-electron chi connectivity index (χ4n) is 2.16. The van der Waals surface area contributed by atoms with Gasteiger partial charge in [-0.15, -0.1) is 0 Å². The number of benzene rings is 1. The lowest BCUT2D eigenvalue weighted by Gasteiger charge is -2.22. The molecule has 0 aliphatic heterocycles. The Balaban J connectivity index is 2.30. The average Bonchev–Trinajstić information content (AvgIpc) is 2.84. The van der Waals surface area contributed by atoms with Crippen molar-refractivity contribution >= 4 is 17.3 Å². The summed E-state index contributed by atoms with van der Waals surface area (Å²) in [5, 5.41) is 2.82. The van der Waals surface area contributed by atoms with E-state index >= 15 is 0 Å². The minimum atomic E-state index is -0.0980. The van der Waals surface area contributed by atoms with Crippen LogP contribution in [0.25, 0.3) is 0 Å². The highest BCUT2D eigenvalue weighted by Crippen LogP contribution is 2.24. The minimum Gasteiger partial charge on any atom is -0.399 e. The van der Waals surface area contributed by atoms with E-state index in [4.69, 9.17) is 5.73 Å². The molecule has 2 rings (SSSR count). The predicted octanol–water partition coefficient (Wildman–Crippen LogP) is 1.39. The van der Waals surface area contributed by atoms with Crippen molar-refractivity contribution < 1.29 is 4.79 Å². The Morgan fingerprint density at radius 1 is 1.48 bits per heavy atom. The zero-order valence-electron chi connectivity index (χ0n) is 12.6. The standard InChI is InChI=1S/C15H21N5O/c1-4-17-15(21)12-6-5-11(16)9-13(12)20(3)10-14-18-7-8-19(14)2/h5-9H,4,10,16H2,1-3H3,(H,17,21). The van der Waals surface area contributed by atoms with Gasteiger partial charge in [-0.3, -0.25) is 4.79 Å². The van der Waals surface area contributed by atoms with Crippen molar-refractivity contribution in [1.82, 2.24) is 14.9 Å². The summed E-state index contributed by atoms with van der Waals surface area (Å²) in [4.78, 5) is 18.4. The Hall–Kier alpha value is -2.50. The lowest BCUT2D eigenvalue weighted by molar-refractivity contribution is 0.0956. The van der Waals surface area contributed by atoms with Crippen LogP contribution in [-0.2, 0) is 13.6 Å². The maximum Gasteiger partial charge on any atom is 0.253 e. The molecule has 1 aromatic carbocycles. The van der Waals surface area contributed by atoms with Gasteiger partial charge in [0.1, 0.15) is 5.82 Å². The van der Waals surface area contributed by atoms with E-state index in [0.29, 0.717) is 24.3 Å². The van der Waals surface area contributed by atoms with Gasteiger partial charge in [0.05, 0.1) is 17.8 Å². The van der Waals surface area contributed by atoms with Gasteiger partial charge >= 0.3 is 0 Å². The van der Waals surface area contributed by atoms with E-state index < -0.39 is 0 Å². The van der Waals surface area contributed by atoms with Crippen LogP contribution in [0.3, 0.4) is 0 Å². The van der Waals surface area contributed by atoms with Crippen molar-refractivity contribution in [1.29, 1.82) is 0 Å². The molecule has 6 heteroatoms. The number of anilines is 2. The molecule has 1 aromatic heterocycles. The van der Waals surface area contributed by atoms with E-state index in [2.05, 4.69) is 10.3 Å². The van der Waals surface area contributed by atoms with Gasteiger partial charge in [-0.1, -0.05) is 0 Å². The van der Waals surface area contributed by atoms with Gasteiger partial charge in [0.25, 0.3) is 5.91 Å². The third-order valence-corrected chi connectivity index (χ3v) is 3.31. The first-order valence-electron chi connectivity index (χ1n) is 6.88. The summed E-state index contributed by atoms with van der Waals surface area (Å²) >= 11 is 0. The first-order valence-corrected chi connectivity index (χ1v) is 6.88. The number of nitrogen functional groups attached to an aromatic ring is 1. The molecule has 21 heavy (non-hydrogen) atoms. The van der Waals surface area contributed by atoms with Crippen LogP contribution in [0.5, 0.6) is 0 Å². The van der Waals surface area contributed by atoms with Gasteiger partial charge in [0.2, 0.25) is 0 Å². The highest BCUT2D eigenvalue weighted by molar-refractivity contribution is 6.00. The van der Waals surface area contributed by atoms with Crippen LogP contribution in [-0.4, -0.2) is 29.1 Å². The van der Waals surface area contributed by atoms with Crippen LogP contribution < -0.4 is 16.0 Å². The minimum absolute atomic E-state index is 0.0980. The molecular formula is C15H21N5O. The van der Waals surface area contributed by atoms with Crippen LogP contribution in [0.15, 0.2) is 30.6 Å². The van der Waals surface area contributed by atoms with Crippen LogP contribution >= 0.6 is 0 Å². The molecule has 1 heterocycles. The summed E-state index contributed by atoms with van der Waals surface area (Å²) in [7, 11) is 3.87. The molecule has 6 nitrogen and oxygen atoms in total. The quantitative estimate of drug-likeness (QED) is 0.815. The highest BCUT2D eigenvalue weighted by Gasteiger charge is 2.15. The lowest BCUT2D eigenvalue weighted by atomic mass is 10.1. The Morgan fingerprint density at radius 2 is 2.24 bits per heavy atom. The molecule has 2 aromatic rings. The zero-order chi connectivity index (χ0) is 15.4. The maximum absolute atomic E-state index is 12.2. The van der Waals surface area contributed by atoms with Crippen molar-refractivity contribution in [3.8, 4) is 0 Å². The first kappa shape index (κ1) is 14.9. The molecule has 0 saturated heterocycles. The second kappa shape index (κ2) is 6.30. The number of nitrogens with zero attached hydrogens (tertiary/aromatic N) is 3. The number of nitrogens with two attached hydrogens (primary N) is 1. The van der Waals surface area contributed by atoms with Crippen molar-refractivity contribution in [2.45, 2.75) is 13.5 Å². The highest BCUT2D eigenvalue weighted by atomic mass is 16.1. The van der Waals surface area contributed by atoms with Gasteiger partial charge in [0, 0.05) is 38.7 Å². The Kier molecular flexibility index (Phi) is 4.47. The van der Waals surface area contributed by atoms with Crippen molar-refractivity contribution in [3.63, 3.8) is 0 Å². The molecule has 0 fully saturated rings. The van der Waals surface area contributed by atoms with E-state index in [1.807, 2.05) is 42.7 Å². The van der Waals surface area contributed by atoms with Gasteiger partial charge in [-0.25, -0.2) is 4.98 Å². The van der Waals surface area contributed by atoms with Crippen molar-refractivity contribution in [2.24, 2.45) is 7.05 Å². The summed E-state index contributed by atoms with van der Waals surface area (Å²) in [5.74, 6) is 0.820. The second-order valence-electron chi connectivity index (χ2n) is 4.95. The van der Waals surface area contributed by atoms with Crippen molar-refractivity contribution in [3.05, 3.63) is 42.0 Å². The number of carbonyl (C=O) groups is 1. The second-order valence-corrected chi connectivity index (χ2v) is 4.95. The Bertz CT molecular complexity index is 635. The van der Waals surface area contributed by atoms with E-state index in [1.165, 1.54) is 0 Å². The molecule has 0 radical (unpaired) electrons. The average molecular weight is 287 g/mol. The maximum atomic E-state index is 12.2. The molecule has 0 spiro atoms. The fourth-order valence-corrected chi connectivity index (χ4v) is 2.16. The molecule has 1 amide bonds. The summed E-state index contributed by atoms with van der Waals surface area (Å²) in [6.07, 6.45) is 3.65. The molecule has 0 saturated carbocycles. The van der Waals surface area contributed by atoms with Gasteiger partial charge in [0.15, 0.2) is 0 Å². The largest absolute Gasteiger partial charge is 0.399 e. The third kappa shape index (κ3) is 3.34. The fraction of sp³-hybridized carbons (Fsp3) is 0.333. The van der Waals surface area contributed by atoms with E-state index in [-0.39, 0.29) is 5.91 Å². The normalized spacial score (nSPS) is 10.4. The molecule has 0 aliphatic rings. The van der Waals surface area contributed by atoms with E-state index in [9.17, 15) is 4.79 Å². The third-order valence-electron chi connectivity index (χ3n) is 3.31. The lowest BCUT2D eigenvalue weighted by Crippen LogP contribution is -2.27. The number of carbonyl (C=O) groups excluding carboxylic acids is 1. The molecule has 0 atom stereocenters. The number of aryl methyl sites for hydroxylation is 1. The van der Waals surface area contributed by atoms with Gasteiger partial charge in [-0.2, -0.15) is 0 Å². The number of hydrogen-bond acceptors (Lipinski definition) is 4. The number of amides is 1.